The van der Waals surface area contributed by atoms with E-state index >= 15 is 0 Å². The van der Waals surface area contributed by atoms with Crippen LogP contribution < -0.4 is 14.2 Å². The number of hydrogen-bond donors (Lipinski definition) is 3. The number of aromatic hydroxyl groups is 1. The maximum Gasteiger partial charge on any atom is 0.203 e. The molecule has 2 aromatic carbocycles. The molecule has 2 rings (SSSR count). The van der Waals surface area contributed by atoms with Crippen molar-refractivity contribution in [1.29, 1.82) is 0 Å². The second kappa shape index (κ2) is 8.09. The number of hydrogen-bond acceptors (Lipinski definition) is 6. The molecule has 3 N–H and O–H groups in total. The lowest BCUT2D eigenvalue weighted by Crippen LogP contribution is -2.11. The summed E-state index contributed by atoms with van der Waals surface area (Å²) in [5, 5.41) is 29.6. The van der Waals surface area contributed by atoms with Crippen LogP contribution in [-0.4, -0.2) is 36.1 Å². The Hall–Kier alpha value is -2.44. The topological polar surface area (TPSA) is 88.4 Å². The van der Waals surface area contributed by atoms with Gasteiger partial charge in [-0.3, -0.25) is 0 Å². The predicted molar refractivity (Wildman–Crippen MR) is 93.5 cm³/mol. The minimum atomic E-state index is -0.884. The molecule has 136 valence electrons. The van der Waals surface area contributed by atoms with Crippen molar-refractivity contribution in [3.8, 4) is 23.0 Å². The average Bonchev–Trinajstić information content (AvgIpc) is 2.62. The van der Waals surface area contributed by atoms with E-state index in [4.69, 9.17) is 14.2 Å². The van der Waals surface area contributed by atoms with Gasteiger partial charge in [-0.05, 0) is 60.4 Å². The van der Waals surface area contributed by atoms with Crippen LogP contribution in [0.4, 0.5) is 0 Å². The van der Waals surface area contributed by atoms with Gasteiger partial charge in [-0.15, -0.1) is 0 Å². The Morgan fingerprint density at radius 1 is 0.960 bits per heavy atom. The number of aliphatic hydroxyl groups excluding tert-OH is 2. The fourth-order valence-electron chi connectivity index (χ4n) is 2.61. The Kier molecular flexibility index (Phi) is 6.12. The van der Waals surface area contributed by atoms with Crippen molar-refractivity contribution >= 4 is 0 Å². The molecule has 0 aliphatic carbocycles. The number of aryl methyl sites for hydroxylation is 2. The molecule has 0 radical (unpaired) electrons. The average molecular weight is 348 g/mol. The molecule has 0 saturated carbocycles. The van der Waals surface area contributed by atoms with E-state index in [-0.39, 0.29) is 19.0 Å². The van der Waals surface area contributed by atoms with E-state index in [1.165, 1.54) is 14.2 Å². The van der Waals surface area contributed by atoms with Crippen molar-refractivity contribution in [3.05, 3.63) is 46.5 Å². The third kappa shape index (κ3) is 4.15. The van der Waals surface area contributed by atoms with Gasteiger partial charge < -0.3 is 29.5 Å². The number of ether oxygens (including phenoxy) is 3. The van der Waals surface area contributed by atoms with Crippen LogP contribution in [0.25, 0.3) is 0 Å². The number of phenols is 1. The Morgan fingerprint density at radius 2 is 1.48 bits per heavy atom. The lowest BCUT2D eigenvalue weighted by atomic mass is 10.0. The van der Waals surface area contributed by atoms with E-state index in [2.05, 4.69) is 0 Å². The molecule has 0 aromatic heterocycles. The van der Waals surface area contributed by atoms with Crippen LogP contribution in [0.5, 0.6) is 23.0 Å². The summed E-state index contributed by atoms with van der Waals surface area (Å²) in [4.78, 5) is 0. The maximum atomic E-state index is 10.4. The van der Waals surface area contributed by atoms with Crippen LogP contribution in [0.15, 0.2) is 24.3 Å². The Labute approximate surface area is 147 Å². The zero-order chi connectivity index (χ0) is 18.6. The molecule has 0 bridgehead atoms. The van der Waals surface area contributed by atoms with E-state index in [1.54, 1.807) is 38.1 Å². The van der Waals surface area contributed by atoms with Crippen LogP contribution in [0, 0.1) is 13.8 Å². The normalized spacial score (nSPS) is 11.9. The van der Waals surface area contributed by atoms with Gasteiger partial charge in [0.1, 0.15) is 18.5 Å². The van der Waals surface area contributed by atoms with Gasteiger partial charge in [0.25, 0.3) is 0 Å². The summed E-state index contributed by atoms with van der Waals surface area (Å²) in [7, 11) is 2.98. The molecule has 0 aliphatic rings. The Bertz CT molecular complexity index is 693. The third-order valence-corrected chi connectivity index (χ3v) is 3.99. The summed E-state index contributed by atoms with van der Waals surface area (Å²) in [6, 6.07) is 6.75. The summed E-state index contributed by atoms with van der Waals surface area (Å²) >= 11 is 0. The second-order valence-corrected chi connectivity index (χ2v) is 5.82. The number of aliphatic hydroxyl groups is 2. The molecule has 1 atom stereocenters. The third-order valence-electron chi connectivity index (χ3n) is 3.99. The lowest BCUT2D eigenvalue weighted by molar-refractivity contribution is 0.104. The van der Waals surface area contributed by atoms with Crippen molar-refractivity contribution in [2.75, 3.05) is 20.8 Å². The molecule has 6 heteroatoms. The van der Waals surface area contributed by atoms with E-state index in [1.807, 2.05) is 0 Å². The fourth-order valence-corrected chi connectivity index (χ4v) is 2.61. The first-order chi connectivity index (χ1) is 11.9. The van der Waals surface area contributed by atoms with Crippen LogP contribution in [0.3, 0.4) is 0 Å². The molecule has 0 heterocycles. The zero-order valence-electron chi connectivity index (χ0n) is 14.9. The van der Waals surface area contributed by atoms with Crippen molar-refractivity contribution in [3.63, 3.8) is 0 Å². The highest BCUT2D eigenvalue weighted by atomic mass is 16.5. The lowest BCUT2D eigenvalue weighted by Gasteiger charge is -2.18. The highest BCUT2D eigenvalue weighted by Crippen LogP contribution is 2.39. The van der Waals surface area contributed by atoms with Crippen LogP contribution in [0.1, 0.15) is 28.4 Å². The summed E-state index contributed by atoms with van der Waals surface area (Å²) in [5.41, 5.74) is 2.66. The minimum absolute atomic E-state index is 0.0190. The van der Waals surface area contributed by atoms with Crippen LogP contribution >= 0.6 is 0 Å². The van der Waals surface area contributed by atoms with Gasteiger partial charge in [-0.2, -0.15) is 0 Å². The molecule has 0 fully saturated rings. The molecule has 2 aromatic rings. The van der Waals surface area contributed by atoms with Crippen molar-refractivity contribution in [2.45, 2.75) is 26.6 Å². The van der Waals surface area contributed by atoms with E-state index < -0.39 is 6.10 Å². The molecule has 0 aliphatic heterocycles. The number of phenolic OH excluding ortho intramolecular Hbond substituents is 1. The quantitative estimate of drug-likeness (QED) is 0.713. The van der Waals surface area contributed by atoms with Gasteiger partial charge in [0.05, 0.1) is 20.8 Å². The Morgan fingerprint density at radius 3 is 1.92 bits per heavy atom. The minimum Gasteiger partial charge on any atom is -0.507 e. The summed E-state index contributed by atoms with van der Waals surface area (Å²) in [6.07, 6.45) is -0.884. The molecule has 0 saturated heterocycles. The van der Waals surface area contributed by atoms with Gasteiger partial charge in [0.15, 0.2) is 11.5 Å². The molecule has 6 nitrogen and oxygen atoms in total. The summed E-state index contributed by atoms with van der Waals surface area (Å²) in [6.45, 7) is 3.38. The molecule has 0 amide bonds. The molecular formula is C19H24O6. The van der Waals surface area contributed by atoms with Gasteiger partial charge in [-0.1, -0.05) is 0 Å². The smallest absolute Gasteiger partial charge is 0.203 e. The van der Waals surface area contributed by atoms with Gasteiger partial charge in [-0.25, -0.2) is 0 Å². The molecule has 25 heavy (non-hydrogen) atoms. The van der Waals surface area contributed by atoms with Crippen molar-refractivity contribution < 1.29 is 29.5 Å². The highest BCUT2D eigenvalue weighted by Gasteiger charge is 2.17. The van der Waals surface area contributed by atoms with Crippen molar-refractivity contribution in [2.24, 2.45) is 0 Å². The summed E-state index contributed by atoms with van der Waals surface area (Å²) in [5.74, 6) is 1.40. The Balaban J connectivity index is 2.23. The molecular weight excluding hydrogens is 324 g/mol. The first-order valence-corrected chi connectivity index (χ1v) is 7.88. The maximum absolute atomic E-state index is 10.4. The van der Waals surface area contributed by atoms with E-state index in [0.29, 0.717) is 39.5 Å². The van der Waals surface area contributed by atoms with Gasteiger partial charge in [0, 0.05) is 0 Å². The predicted octanol–water partition coefficient (Wildman–Crippen LogP) is 2.63. The first-order valence-electron chi connectivity index (χ1n) is 7.88. The standard InChI is InChI=1S/C19H24O6/c1-11-5-14(6-12(2)18(11)22)15(21)10-25-19-16(23-3)7-13(9-20)8-17(19)24-4/h5-8,15,20-22H,9-10H2,1-4H3. The zero-order valence-corrected chi connectivity index (χ0v) is 14.9. The van der Waals surface area contributed by atoms with Gasteiger partial charge >= 0.3 is 0 Å². The number of benzene rings is 2. The monoisotopic (exact) mass is 348 g/mol. The van der Waals surface area contributed by atoms with Crippen LogP contribution in [0.2, 0.25) is 0 Å². The SMILES string of the molecule is COc1cc(CO)cc(OC)c1OCC(O)c1cc(C)c(O)c(C)c1. The summed E-state index contributed by atoms with van der Waals surface area (Å²) < 4.78 is 16.3. The largest absolute Gasteiger partial charge is 0.507 e. The molecule has 0 spiro atoms. The number of methoxy groups -OCH3 is 2. The van der Waals surface area contributed by atoms with Gasteiger partial charge in [0.2, 0.25) is 5.75 Å². The van der Waals surface area contributed by atoms with Crippen LogP contribution in [-0.2, 0) is 6.61 Å². The second-order valence-electron chi connectivity index (χ2n) is 5.82. The van der Waals surface area contributed by atoms with E-state index in [9.17, 15) is 15.3 Å². The first kappa shape index (κ1) is 18.9. The fraction of sp³-hybridized carbons (Fsp3) is 0.368. The molecule has 1 unspecified atom stereocenters. The highest BCUT2D eigenvalue weighted by molar-refractivity contribution is 5.54. The number of rotatable bonds is 7. The van der Waals surface area contributed by atoms with E-state index in [0.717, 1.165) is 0 Å². The van der Waals surface area contributed by atoms with Crippen molar-refractivity contribution in [1.82, 2.24) is 0 Å².